The molecule has 2 aromatic carbocycles. The SMILES string of the molecule is CCCC(C)N1CCC(N(Cc2ccccc2)C(=O)Nc2ccc3ncccc3c2)CC1. The molecule has 1 atom stereocenters. The number of piperidine rings is 1. The van der Waals surface area contributed by atoms with Crippen molar-refractivity contribution in [3.8, 4) is 0 Å². The highest BCUT2D eigenvalue weighted by Crippen LogP contribution is 2.24. The number of nitrogens with zero attached hydrogens (tertiary/aromatic N) is 3. The van der Waals surface area contributed by atoms with Crippen molar-refractivity contribution in [3.63, 3.8) is 0 Å². The molecule has 2 amide bonds. The fraction of sp³-hybridized carbons (Fsp3) is 0.407. The molecule has 0 aliphatic carbocycles. The number of rotatable bonds is 7. The first-order valence-electron chi connectivity index (χ1n) is 11.8. The van der Waals surface area contributed by atoms with Gasteiger partial charge < -0.3 is 15.1 Å². The number of anilines is 1. The molecule has 168 valence electrons. The molecular weight excluding hydrogens is 396 g/mol. The molecule has 1 aromatic heterocycles. The zero-order chi connectivity index (χ0) is 22.3. The lowest BCUT2D eigenvalue weighted by molar-refractivity contribution is 0.0989. The third-order valence-corrected chi connectivity index (χ3v) is 6.58. The first kappa shape index (κ1) is 22.3. The van der Waals surface area contributed by atoms with Gasteiger partial charge in [-0.15, -0.1) is 0 Å². The van der Waals surface area contributed by atoms with E-state index in [9.17, 15) is 4.79 Å². The second-order valence-corrected chi connectivity index (χ2v) is 8.86. The summed E-state index contributed by atoms with van der Waals surface area (Å²) in [4.78, 5) is 22.4. The summed E-state index contributed by atoms with van der Waals surface area (Å²) in [6.45, 7) is 7.29. The summed E-state index contributed by atoms with van der Waals surface area (Å²) in [5.41, 5.74) is 2.90. The summed E-state index contributed by atoms with van der Waals surface area (Å²) in [7, 11) is 0. The lowest BCUT2D eigenvalue weighted by atomic mass is 10.00. The van der Waals surface area contributed by atoms with Crippen LogP contribution >= 0.6 is 0 Å². The minimum Gasteiger partial charge on any atom is -0.317 e. The number of carbonyl (C=O) groups excluding carboxylic acids is 1. The number of nitrogens with one attached hydrogen (secondary N) is 1. The molecule has 0 spiro atoms. The van der Waals surface area contributed by atoms with Crippen molar-refractivity contribution in [1.82, 2.24) is 14.8 Å². The number of urea groups is 1. The molecule has 1 fully saturated rings. The Morgan fingerprint density at radius 2 is 1.91 bits per heavy atom. The largest absolute Gasteiger partial charge is 0.322 e. The lowest BCUT2D eigenvalue weighted by Crippen LogP contribution is -2.50. The van der Waals surface area contributed by atoms with Crippen LogP contribution in [0.5, 0.6) is 0 Å². The van der Waals surface area contributed by atoms with Crippen LogP contribution in [0.25, 0.3) is 10.9 Å². The van der Waals surface area contributed by atoms with E-state index in [0.29, 0.717) is 12.6 Å². The van der Waals surface area contributed by atoms with Crippen LogP contribution in [-0.4, -0.2) is 46.0 Å². The fourth-order valence-corrected chi connectivity index (χ4v) is 4.73. The molecule has 5 heteroatoms. The van der Waals surface area contributed by atoms with Crippen molar-refractivity contribution in [2.24, 2.45) is 0 Å². The first-order valence-corrected chi connectivity index (χ1v) is 11.8. The van der Waals surface area contributed by atoms with Crippen LogP contribution in [-0.2, 0) is 6.54 Å². The van der Waals surface area contributed by atoms with Crippen LogP contribution in [0.3, 0.4) is 0 Å². The molecule has 1 unspecified atom stereocenters. The van der Waals surface area contributed by atoms with Gasteiger partial charge in [0, 0.05) is 49.0 Å². The number of pyridine rings is 1. The summed E-state index contributed by atoms with van der Waals surface area (Å²) in [6.07, 6.45) is 6.25. The predicted molar refractivity (Wildman–Crippen MR) is 132 cm³/mol. The van der Waals surface area contributed by atoms with E-state index in [0.717, 1.165) is 48.1 Å². The molecule has 0 bridgehead atoms. The average Bonchev–Trinajstić information content (AvgIpc) is 2.83. The van der Waals surface area contributed by atoms with Crippen molar-refractivity contribution in [3.05, 3.63) is 72.4 Å². The summed E-state index contributed by atoms with van der Waals surface area (Å²) >= 11 is 0. The third kappa shape index (κ3) is 5.46. The Balaban J connectivity index is 1.49. The Hall–Kier alpha value is -2.92. The van der Waals surface area contributed by atoms with Crippen LogP contribution in [0.4, 0.5) is 10.5 Å². The second kappa shape index (κ2) is 10.6. The Kier molecular flexibility index (Phi) is 7.38. The van der Waals surface area contributed by atoms with E-state index in [1.54, 1.807) is 6.20 Å². The number of benzene rings is 2. The number of hydrogen-bond acceptors (Lipinski definition) is 3. The van der Waals surface area contributed by atoms with Gasteiger partial charge in [0.15, 0.2) is 0 Å². The number of fused-ring (bicyclic) bond motifs is 1. The standard InChI is InChI=1S/C27H34N4O/c1-3-8-21(2)30-17-14-25(15-18-30)31(20-22-9-5-4-6-10-22)27(32)29-24-12-13-26-23(19-24)11-7-16-28-26/h4-7,9-13,16,19,21,25H,3,8,14-15,17-18,20H2,1-2H3,(H,29,32). The topological polar surface area (TPSA) is 48.5 Å². The monoisotopic (exact) mass is 430 g/mol. The number of hydrogen-bond donors (Lipinski definition) is 1. The maximum Gasteiger partial charge on any atom is 0.322 e. The predicted octanol–water partition coefficient (Wildman–Crippen LogP) is 5.92. The van der Waals surface area contributed by atoms with Gasteiger partial charge in [-0.2, -0.15) is 0 Å². The zero-order valence-electron chi connectivity index (χ0n) is 19.2. The van der Waals surface area contributed by atoms with Crippen LogP contribution in [0.2, 0.25) is 0 Å². The summed E-state index contributed by atoms with van der Waals surface area (Å²) in [6, 6.07) is 20.9. The van der Waals surface area contributed by atoms with Gasteiger partial charge in [0.1, 0.15) is 0 Å². The summed E-state index contributed by atoms with van der Waals surface area (Å²) in [5.74, 6) is 0. The van der Waals surface area contributed by atoms with Gasteiger partial charge in [0.05, 0.1) is 5.52 Å². The maximum atomic E-state index is 13.5. The molecule has 2 heterocycles. The summed E-state index contributed by atoms with van der Waals surface area (Å²) in [5, 5.41) is 4.18. The molecule has 1 aliphatic rings. The van der Waals surface area contributed by atoms with E-state index >= 15 is 0 Å². The van der Waals surface area contributed by atoms with E-state index in [1.165, 1.54) is 12.8 Å². The maximum absolute atomic E-state index is 13.5. The lowest BCUT2D eigenvalue weighted by Gasteiger charge is -2.40. The number of carbonyl (C=O) groups is 1. The van der Waals surface area contributed by atoms with Crippen molar-refractivity contribution < 1.29 is 4.79 Å². The van der Waals surface area contributed by atoms with Gasteiger partial charge in [-0.1, -0.05) is 49.7 Å². The van der Waals surface area contributed by atoms with E-state index in [4.69, 9.17) is 0 Å². The highest BCUT2D eigenvalue weighted by atomic mass is 16.2. The Labute approximate surface area is 191 Å². The van der Waals surface area contributed by atoms with Gasteiger partial charge in [-0.3, -0.25) is 4.98 Å². The highest BCUT2D eigenvalue weighted by molar-refractivity contribution is 5.92. The fourth-order valence-electron chi connectivity index (χ4n) is 4.73. The molecule has 0 radical (unpaired) electrons. The molecule has 4 rings (SSSR count). The normalized spacial score (nSPS) is 16.1. The van der Waals surface area contributed by atoms with Gasteiger partial charge in [0.2, 0.25) is 0 Å². The Morgan fingerprint density at radius 3 is 2.66 bits per heavy atom. The van der Waals surface area contributed by atoms with Crippen LogP contribution in [0, 0.1) is 0 Å². The molecule has 3 aromatic rings. The van der Waals surface area contributed by atoms with Crippen molar-refractivity contribution in [1.29, 1.82) is 0 Å². The molecule has 0 saturated carbocycles. The number of likely N-dealkylation sites (tertiary alicyclic amines) is 1. The number of amides is 2. The van der Waals surface area contributed by atoms with E-state index < -0.39 is 0 Å². The zero-order valence-corrected chi connectivity index (χ0v) is 19.2. The summed E-state index contributed by atoms with van der Waals surface area (Å²) < 4.78 is 0. The Morgan fingerprint density at radius 1 is 1.12 bits per heavy atom. The average molecular weight is 431 g/mol. The van der Waals surface area contributed by atoms with Crippen LogP contribution in [0.1, 0.15) is 45.1 Å². The van der Waals surface area contributed by atoms with Gasteiger partial charge in [-0.05, 0) is 56.0 Å². The first-order chi connectivity index (χ1) is 15.6. The minimum absolute atomic E-state index is 0.0304. The molecule has 32 heavy (non-hydrogen) atoms. The van der Waals surface area contributed by atoms with E-state index in [1.807, 2.05) is 53.4 Å². The molecule has 1 saturated heterocycles. The highest BCUT2D eigenvalue weighted by Gasteiger charge is 2.29. The smallest absolute Gasteiger partial charge is 0.317 e. The van der Waals surface area contributed by atoms with Crippen molar-refractivity contribution >= 4 is 22.6 Å². The minimum atomic E-state index is -0.0304. The number of aromatic nitrogens is 1. The molecule has 1 N–H and O–H groups in total. The van der Waals surface area contributed by atoms with Crippen molar-refractivity contribution in [2.75, 3.05) is 18.4 Å². The molecule has 5 nitrogen and oxygen atoms in total. The molecule has 1 aliphatic heterocycles. The second-order valence-electron chi connectivity index (χ2n) is 8.86. The quantitative estimate of drug-likeness (QED) is 0.506. The Bertz CT molecular complexity index is 1010. The van der Waals surface area contributed by atoms with Crippen LogP contribution in [0.15, 0.2) is 66.9 Å². The van der Waals surface area contributed by atoms with Gasteiger partial charge in [-0.25, -0.2) is 4.79 Å². The van der Waals surface area contributed by atoms with Gasteiger partial charge >= 0.3 is 6.03 Å². The molecular formula is C27H34N4O. The third-order valence-electron chi connectivity index (χ3n) is 6.58. The van der Waals surface area contributed by atoms with E-state index in [2.05, 4.69) is 41.2 Å². The van der Waals surface area contributed by atoms with Crippen LogP contribution < -0.4 is 5.32 Å². The van der Waals surface area contributed by atoms with E-state index in [-0.39, 0.29) is 12.1 Å². The van der Waals surface area contributed by atoms with Crippen molar-refractivity contribution in [2.45, 2.75) is 58.2 Å². The van der Waals surface area contributed by atoms with Gasteiger partial charge in [0.25, 0.3) is 0 Å².